The Morgan fingerprint density at radius 3 is 1.58 bits per heavy atom. The number of hydrogen-bond acceptors (Lipinski definition) is 0. The Balaban J connectivity index is 1.19. The van der Waals surface area contributed by atoms with E-state index in [-0.39, 0.29) is 0 Å². The highest BCUT2D eigenvalue weighted by atomic mass is 15.0. The van der Waals surface area contributed by atoms with Crippen LogP contribution in [0.5, 0.6) is 0 Å². The summed E-state index contributed by atoms with van der Waals surface area (Å²) >= 11 is 0. The molecule has 0 fully saturated rings. The molecule has 0 amide bonds. The molecule has 0 N–H and O–H groups in total. The van der Waals surface area contributed by atoms with Crippen LogP contribution in [0.25, 0.3) is 88.4 Å². The molecule has 0 aliphatic carbocycles. The van der Waals surface area contributed by atoms with Gasteiger partial charge in [-0.15, -0.1) is 0 Å². The fourth-order valence-corrected chi connectivity index (χ4v) is 8.15. The van der Waals surface area contributed by atoms with Crippen molar-refractivity contribution < 1.29 is 0 Å². The molecule has 0 saturated carbocycles. The minimum absolute atomic E-state index is 0.470. The van der Waals surface area contributed by atoms with Crippen molar-refractivity contribution in [1.82, 2.24) is 9.13 Å². The smallest absolute Gasteiger partial charge is 0.115 e. The lowest BCUT2D eigenvalue weighted by Gasteiger charge is -2.19. The van der Waals surface area contributed by atoms with Gasteiger partial charge in [-0.05, 0) is 81.9 Å². The number of para-hydroxylation sites is 2. The molecule has 8 aromatic carbocycles. The maximum Gasteiger partial charge on any atom is 0.115 e. The second kappa shape index (κ2) is 12.4. The molecular weight excluding hydrogens is 637 g/mol. The molecule has 10 aromatic rings. The van der Waals surface area contributed by atoms with Gasteiger partial charge < -0.3 is 9.13 Å². The van der Waals surface area contributed by atoms with Crippen molar-refractivity contribution in [2.45, 2.75) is 0 Å². The Bertz CT molecular complexity index is 3000. The molecule has 0 aliphatic rings. The maximum atomic E-state index is 7.29. The summed E-state index contributed by atoms with van der Waals surface area (Å²) in [7, 11) is 21.5. The van der Waals surface area contributed by atoms with E-state index in [1.807, 2.05) is 30.3 Å². The van der Waals surface area contributed by atoms with E-state index in [4.69, 9.17) is 23.5 Å². The van der Waals surface area contributed by atoms with Crippen molar-refractivity contribution in [1.29, 1.82) is 0 Å². The Hall–Kier alpha value is -6.45. The van der Waals surface area contributed by atoms with Crippen LogP contribution < -0.4 is 16.4 Å². The van der Waals surface area contributed by atoms with E-state index in [9.17, 15) is 0 Å². The minimum Gasteiger partial charge on any atom is -0.310 e. The predicted molar refractivity (Wildman–Crippen MR) is 228 cm³/mol. The van der Waals surface area contributed by atoms with Crippen LogP contribution in [0, 0.1) is 0 Å². The Morgan fingerprint density at radius 1 is 0.321 bits per heavy atom. The largest absolute Gasteiger partial charge is 0.310 e. The molecule has 53 heavy (non-hydrogen) atoms. The first-order valence-electron chi connectivity index (χ1n) is 17.8. The van der Waals surface area contributed by atoms with E-state index in [0.717, 1.165) is 77.2 Å². The number of benzene rings is 8. The standard InChI is InChI=1S/C48H29B3N2/c49-45-43(34-23-27-41-39(28-34)37-18-10-11-19-40(37)52(41)36-24-20-32(21-25-36)30-12-4-1-5-13-30)46(50)47(51)48-44(45)38-26-22-33(31-14-6-2-7-15-31)29-42(38)53(48)35-16-8-3-9-17-35/h1-29H. The van der Waals surface area contributed by atoms with Gasteiger partial charge in [-0.3, -0.25) is 0 Å². The summed E-state index contributed by atoms with van der Waals surface area (Å²) < 4.78 is 4.52. The zero-order chi connectivity index (χ0) is 35.6. The molecular formula is C48H29B3N2. The molecule has 0 saturated heterocycles. The summed E-state index contributed by atoms with van der Waals surface area (Å²) in [5.74, 6) is 0. The molecule has 0 bridgehead atoms. The summed E-state index contributed by atoms with van der Waals surface area (Å²) in [6.45, 7) is 0. The van der Waals surface area contributed by atoms with Crippen molar-refractivity contribution in [3.8, 4) is 44.8 Å². The third kappa shape index (κ3) is 4.92. The molecule has 0 spiro atoms. The van der Waals surface area contributed by atoms with E-state index in [0.29, 0.717) is 16.4 Å². The molecule has 10 rings (SSSR count). The lowest BCUT2D eigenvalue weighted by atomic mass is 9.69. The Morgan fingerprint density at radius 2 is 0.868 bits per heavy atom. The third-order valence-corrected chi connectivity index (χ3v) is 10.6. The van der Waals surface area contributed by atoms with Crippen LogP contribution >= 0.6 is 0 Å². The molecule has 0 atom stereocenters. The van der Waals surface area contributed by atoms with Gasteiger partial charge in [0.1, 0.15) is 23.5 Å². The van der Waals surface area contributed by atoms with Crippen molar-refractivity contribution in [2.75, 3.05) is 0 Å². The van der Waals surface area contributed by atoms with E-state index in [1.54, 1.807) is 0 Å². The fourth-order valence-electron chi connectivity index (χ4n) is 8.15. The lowest BCUT2D eigenvalue weighted by molar-refractivity contribution is 1.18. The summed E-state index contributed by atoms with van der Waals surface area (Å²) in [6, 6.07) is 61.5. The highest BCUT2D eigenvalue weighted by molar-refractivity contribution is 6.60. The average Bonchev–Trinajstić information content (AvgIpc) is 3.74. The normalized spacial score (nSPS) is 11.6. The van der Waals surface area contributed by atoms with Gasteiger partial charge in [-0.1, -0.05) is 144 Å². The average molecular weight is 666 g/mol. The summed E-state index contributed by atoms with van der Waals surface area (Å²) in [4.78, 5) is 0. The highest BCUT2D eigenvalue weighted by Gasteiger charge is 2.22. The number of rotatable bonds is 5. The summed E-state index contributed by atoms with van der Waals surface area (Å²) in [5.41, 5.74) is 14.0. The molecule has 0 aliphatic heterocycles. The van der Waals surface area contributed by atoms with Crippen molar-refractivity contribution >= 4 is 83.5 Å². The van der Waals surface area contributed by atoms with E-state index in [2.05, 4.69) is 155 Å². The SMILES string of the molecule is [B]c1c(-c2ccc3c(c2)c2ccccc2n3-c2ccc(-c3ccccc3)cc2)c([B])c2c3ccc(-c4ccccc4)cc3n(-c3ccccc3)c2c1[B]. The first kappa shape index (κ1) is 31.3. The van der Waals surface area contributed by atoms with Gasteiger partial charge in [0.25, 0.3) is 0 Å². The minimum atomic E-state index is 0.470. The van der Waals surface area contributed by atoms with Gasteiger partial charge in [-0.2, -0.15) is 0 Å². The monoisotopic (exact) mass is 666 g/mol. The molecule has 2 aromatic heterocycles. The number of aromatic nitrogens is 2. The summed E-state index contributed by atoms with van der Waals surface area (Å²) in [5, 5.41) is 4.18. The number of nitrogens with zero attached hydrogens (tertiary/aromatic N) is 2. The van der Waals surface area contributed by atoms with Crippen LogP contribution in [0.2, 0.25) is 0 Å². The van der Waals surface area contributed by atoms with Crippen LogP contribution in [-0.2, 0) is 0 Å². The van der Waals surface area contributed by atoms with Gasteiger partial charge in [0, 0.05) is 38.4 Å². The lowest BCUT2D eigenvalue weighted by Crippen LogP contribution is -2.35. The van der Waals surface area contributed by atoms with Crippen LogP contribution in [-0.4, -0.2) is 32.7 Å². The van der Waals surface area contributed by atoms with E-state index >= 15 is 0 Å². The fraction of sp³-hybridized carbons (Fsp3) is 0. The quantitative estimate of drug-likeness (QED) is 0.162. The van der Waals surface area contributed by atoms with Crippen molar-refractivity contribution in [3.63, 3.8) is 0 Å². The summed E-state index contributed by atoms with van der Waals surface area (Å²) in [6.07, 6.45) is 0. The predicted octanol–water partition coefficient (Wildman–Crippen LogP) is 9.26. The van der Waals surface area contributed by atoms with Gasteiger partial charge in [0.2, 0.25) is 0 Å². The van der Waals surface area contributed by atoms with Crippen LogP contribution in [0.1, 0.15) is 0 Å². The van der Waals surface area contributed by atoms with Crippen LogP contribution in [0.4, 0.5) is 0 Å². The van der Waals surface area contributed by atoms with Gasteiger partial charge in [-0.25, -0.2) is 0 Å². The Kier molecular flexibility index (Phi) is 7.30. The number of hydrogen-bond donors (Lipinski definition) is 0. The molecule has 2 heterocycles. The zero-order valence-corrected chi connectivity index (χ0v) is 28.9. The first-order chi connectivity index (χ1) is 26.1. The molecule has 6 radical (unpaired) electrons. The molecule has 0 unspecified atom stereocenters. The van der Waals surface area contributed by atoms with Crippen molar-refractivity contribution in [3.05, 3.63) is 176 Å². The second-order valence-corrected chi connectivity index (χ2v) is 13.6. The molecule has 2 nitrogen and oxygen atoms in total. The van der Waals surface area contributed by atoms with Gasteiger partial charge >= 0.3 is 0 Å². The molecule has 240 valence electrons. The zero-order valence-electron chi connectivity index (χ0n) is 28.9. The second-order valence-electron chi connectivity index (χ2n) is 13.6. The highest BCUT2D eigenvalue weighted by Crippen LogP contribution is 2.37. The van der Waals surface area contributed by atoms with Crippen molar-refractivity contribution in [2.24, 2.45) is 0 Å². The van der Waals surface area contributed by atoms with Gasteiger partial charge in [0.05, 0.1) is 16.6 Å². The topological polar surface area (TPSA) is 9.86 Å². The van der Waals surface area contributed by atoms with E-state index < -0.39 is 0 Å². The van der Waals surface area contributed by atoms with Crippen LogP contribution in [0.3, 0.4) is 0 Å². The third-order valence-electron chi connectivity index (χ3n) is 10.6. The molecule has 5 heteroatoms. The van der Waals surface area contributed by atoms with E-state index in [1.165, 1.54) is 11.1 Å². The van der Waals surface area contributed by atoms with Crippen LogP contribution in [0.15, 0.2) is 176 Å². The maximum absolute atomic E-state index is 7.29. The number of fused-ring (bicyclic) bond motifs is 6. The Labute approximate surface area is 312 Å². The van der Waals surface area contributed by atoms with Gasteiger partial charge in [0.15, 0.2) is 0 Å². The first-order valence-corrected chi connectivity index (χ1v) is 17.8.